The van der Waals surface area contributed by atoms with Gasteiger partial charge >= 0.3 is 19.8 Å². The van der Waals surface area contributed by atoms with Crippen molar-refractivity contribution < 1.29 is 37.6 Å². The van der Waals surface area contributed by atoms with Gasteiger partial charge in [-0.2, -0.15) is 0 Å². The Kier molecular flexibility index (Phi) is 39.5. The number of allylic oxidation sites excluding steroid dienone is 2. The average Bonchev–Trinajstić information content (AvgIpc) is 3.15. The predicted octanol–water partition coefficient (Wildman–Crippen LogP) is 14.1. The number of esters is 2. The molecule has 2 unspecified atom stereocenters. The van der Waals surface area contributed by atoms with Gasteiger partial charge in [0.2, 0.25) is 0 Å². The second-order valence-corrected chi connectivity index (χ2v) is 16.8. The largest absolute Gasteiger partial charge is 0.472 e. The van der Waals surface area contributed by atoms with E-state index in [1.165, 1.54) is 167 Å². The summed E-state index contributed by atoms with van der Waals surface area (Å²) >= 11 is 0. The normalized spacial score (nSPS) is 13.4. The van der Waals surface area contributed by atoms with E-state index in [1.54, 1.807) is 0 Å². The van der Waals surface area contributed by atoms with E-state index < -0.39 is 26.5 Å². The maximum atomic E-state index is 12.5. The molecule has 0 spiro atoms. The van der Waals surface area contributed by atoms with Crippen molar-refractivity contribution in [1.82, 2.24) is 0 Å². The lowest BCUT2D eigenvalue weighted by molar-refractivity contribution is -0.161. The molecule has 8 nitrogen and oxygen atoms in total. The van der Waals surface area contributed by atoms with Crippen molar-refractivity contribution in [1.29, 1.82) is 0 Å². The van der Waals surface area contributed by atoms with Crippen molar-refractivity contribution in [3.05, 3.63) is 12.2 Å². The first kappa shape index (κ1) is 51.8. The maximum absolute atomic E-state index is 12.5. The summed E-state index contributed by atoms with van der Waals surface area (Å²) in [6.45, 7) is 3.91. The zero-order chi connectivity index (χ0) is 38.9. The van der Waals surface area contributed by atoms with Crippen LogP contribution in [0.4, 0.5) is 0 Å². The Morgan fingerprint density at radius 3 is 1.23 bits per heavy atom. The van der Waals surface area contributed by atoms with E-state index in [0.717, 1.165) is 39.2 Å². The number of hydrogen-bond acceptors (Lipinski definition) is 7. The molecule has 314 valence electrons. The van der Waals surface area contributed by atoms with Gasteiger partial charge < -0.3 is 14.4 Å². The van der Waals surface area contributed by atoms with E-state index in [1.807, 2.05) is 0 Å². The van der Waals surface area contributed by atoms with Crippen molar-refractivity contribution in [2.75, 3.05) is 20.3 Å². The molecule has 0 aliphatic rings. The van der Waals surface area contributed by atoms with Crippen molar-refractivity contribution in [3.63, 3.8) is 0 Å². The Hall–Kier alpha value is -1.21. The third kappa shape index (κ3) is 40.3. The highest BCUT2D eigenvalue weighted by atomic mass is 31.2. The highest BCUT2D eigenvalue weighted by molar-refractivity contribution is 7.47. The van der Waals surface area contributed by atoms with Crippen LogP contribution >= 0.6 is 7.82 Å². The predicted molar refractivity (Wildman–Crippen MR) is 221 cm³/mol. The van der Waals surface area contributed by atoms with Gasteiger partial charge in [0.15, 0.2) is 6.10 Å². The Bertz CT molecular complexity index is 879. The van der Waals surface area contributed by atoms with Gasteiger partial charge in [0, 0.05) is 20.0 Å². The van der Waals surface area contributed by atoms with Crippen LogP contribution in [0.25, 0.3) is 0 Å². The molecule has 9 heteroatoms. The second kappa shape index (κ2) is 40.5. The van der Waals surface area contributed by atoms with E-state index >= 15 is 0 Å². The van der Waals surface area contributed by atoms with Crippen LogP contribution in [0.5, 0.6) is 0 Å². The number of hydrogen-bond donors (Lipinski definition) is 1. The summed E-state index contributed by atoms with van der Waals surface area (Å²) in [7, 11) is -3.19. The zero-order valence-electron chi connectivity index (χ0n) is 34.9. The van der Waals surface area contributed by atoms with Crippen LogP contribution in [0.2, 0.25) is 0 Å². The molecule has 0 fully saturated rings. The van der Waals surface area contributed by atoms with E-state index in [2.05, 4.69) is 30.5 Å². The van der Waals surface area contributed by atoms with Crippen LogP contribution in [0.3, 0.4) is 0 Å². The second-order valence-electron chi connectivity index (χ2n) is 15.2. The third-order valence-corrected chi connectivity index (χ3v) is 10.9. The number of ether oxygens (including phenoxy) is 2. The van der Waals surface area contributed by atoms with Crippen LogP contribution in [0, 0.1) is 0 Å². The van der Waals surface area contributed by atoms with Gasteiger partial charge in [0.05, 0.1) is 6.61 Å². The maximum Gasteiger partial charge on any atom is 0.472 e. The summed E-state index contributed by atoms with van der Waals surface area (Å²) in [5.74, 6) is -0.793. The molecule has 0 radical (unpaired) electrons. The molecule has 1 N–H and O–H groups in total. The molecular weight excluding hydrogens is 687 g/mol. The minimum Gasteiger partial charge on any atom is -0.462 e. The molecule has 0 aromatic heterocycles. The van der Waals surface area contributed by atoms with E-state index in [-0.39, 0.29) is 19.0 Å². The summed E-state index contributed by atoms with van der Waals surface area (Å²) in [6, 6.07) is 0. The topological polar surface area (TPSA) is 108 Å². The van der Waals surface area contributed by atoms with Gasteiger partial charge in [0.1, 0.15) is 6.61 Å². The van der Waals surface area contributed by atoms with Gasteiger partial charge in [-0.1, -0.05) is 193 Å². The number of carbonyl (C=O) groups is 2. The fraction of sp³-hybridized carbons (Fsp3) is 0.909. The molecule has 0 bridgehead atoms. The highest BCUT2D eigenvalue weighted by Gasteiger charge is 2.24. The molecule has 0 saturated heterocycles. The summed E-state index contributed by atoms with van der Waals surface area (Å²) in [6.07, 6.45) is 44.0. The van der Waals surface area contributed by atoms with Crippen molar-refractivity contribution >= 4 is 19.8 Å². The first-order valence-corrected chi connectivity index (χ1v) is 23.9. The summed E-state index contributed by atoms with van der Waals surface area (Å²) in [4.78, 5) is 34.5. The number of unbranched alkanes of at least 4 members (excludes halogenated alkanes) is 29. The molecular formula is C44H85O8P. The SMILES string of the molecule is CCCCCCCC/C=C\CCCCCCCCCCCC(=O)OC(COC(=O)CCCCCCCCCCCCCCCCC)COP(=O)(O)OC. The molecule has 0 heterocycles. The molecule has 53 heavy (non-hydrogen) atoms. The van der Waals surface area contributed by atoms with Gasteiger partial charge in [0.25, 0.3) is 0 Å². The lowest BCUT2D eigenvalue weighted by Crippen LogP contribution is -2.29. The molecule has 0 aliphatic carbocycles. The van der Waals surface area contributed by atoms with Crippen LogP contribution in [-0.2, 0) is 32.7 Å². The minimum atomic E-state index is -4.26. The van der Waals surface area contributed by atoms with Crippen molar-refractivity contribution in [2.24, 2.45) is 0 Å². The quantitative estimate of drug-likeness (QED) is 0.0283. The van der Waals surface area contributed by atoms with Gasteiger partial charge in [-0.05, 0) is 38.5 Å². The van der Waals surface area contributed by atoms with Crippen LogP contribution in [0.15, 0.2) is 12.2 Å². The molecule has 0 saturated carbocycles. The lowest BCUT2D eigenvalue weighted by Gasteiger charge is -2.19. The average molecular weight is 773 g/mol. The van der Waals surface area contributed by atoms with Crippen molar-refractivity contribution in [3.8, 4) is 0 Å². The number of rotatable bonds is 42. The molecule has 0 aromatic rings. The Balaban J connectivity index is 3.94. The molecule has 0 rings (SSSR count). The van der Waals surface area contributed by atoms with Crippen LogP contribution < -0.4 is 0 Å². The summed E-state index contributed by atoms with van der Waals surface area (Å²) in [5.41, 5.74) is 0. The number of phosphoric ester groups is 1. The highest BCUT2D eigenvalue weighted by Crippen LogP contribution is 2.42. The monoisotopic (exact) mass is 773 g/mol. The first-order valence-electron chi connectivity index (χ1n) is 22.4. The lowest BCUT2D eigenvalue weighted by atomic mass is 10.0. The minimum absolute atomic E-state index is 0.220. The van der Waals surface area contributed by atoms with Gasteiger partial charge in [-0.3, -0.25) is 18.6 Å². The fourth-order valence-electron chi connectivity index (χ4n) is 6.54. The first-order chi connectivity index (χ1) is 25.8. The Morgan fingerprint density at radius 1 is 0.509 bits per heavy atom. The van der Waals surface area contributed by atoms with Gasteiger partial charge in [-0.25, -0.2) is 4.57 Å². The smallest absolute Gasteiger partial charge is 0.462 e. The summed E-state index contributed by atoms with van der Waals surface area (Å²) < 4.78 is 32.0. The van der Waals surface area contributed by atoms with E-state index in [4.69, 9.17) is 14.0 Å². The zero-order valence-corrected chi connectivity index (χ0v) is 35.8. The van der Waals surface area contributed by atoms with E-state index in [9.17, 15) is 19.0 Å². The van der Waals surface area contributed by atoms with Gasteiger partial charge in [-0.15, -0.1) is 0 Å². The third-order valence-electron chi connectivity index (χ3n) is 10.0. The molecule has 0 aliphatic heterocycles. The molecule has 2 atom stereocenters. The van der Waals surface area contributed by atoms with E-state index in [0.29, 0.717) is 12.8 Å². The van der Waals surface area contributed by atoms with Crippen molar-refractivity contribution in [2.45, 2.75) is 238 Å². The summed E-state index contributed by atoms with van der Waals surface area (Å²) in [5, 5.41) is 0. The molecule has 0 aromatic carbocycles. The van der Waals surface area contributed by atoms with Crippen LogP contribution in [-0.4, -0.2) is 43.3 Å². The Morgan fingerprint density at radius 2 is 0.849 bits per heavy atom. The Labute approximate surface area is 327 Å². The fourth-order valence-corrected chi connectivity index (χ4v) is 7.00. The standard InChI is InChI=1S/C44H85O8P/c1-4-6-8-10-12-14-16-18-20-21-22-23-25-27-29-31-33-35-37-39-44(46)52-42(41-51-53(47,48)49-3)40-50-43(45)38-36-34-32-30-28-26-24-19-17-15-13-11-9-7-5-2/h18,20,42H,4-17,19,21-41H2,1-3H3,(H,47,48)/b20-18-. The molecule has 0 amide bonds. The number of carbonyl (C=O) groups excluding carboxylic acids is 2. The van der Waals surface area contributed by atoms with Crippen LogP contribution in [0.1, 0.15) is 232 Å². The number of phosphoric acid groups is 1.